The van der Waals surface area contributed by atoms with Crippen molar-refractivity contribution in [2.24, 2.45) is 0 Å². The van der Waals surface area contributed by atoms with Gasteiger partial charge in [-0.25, -0.2) is 9.97 Å². The average molecular weight is 289 g/mol. The van der Waals surface area contributed by atoms with E-state index >= 15 is 0 Å². The fourth-order valence-corrected chi connectivity index (χ4v) is 2.11. The number of nitrogens with zero attached hydrogens (tertiary/aromatic N) is 4. The second-order valence-electron chi connectivity index (χ2n) is 4.75. The van der Waals surface area contributed by atoms with Gasteiger partial charge in [-0.05, 0) is 0 Å². The van der Waals surface area contributed by atoms with Gasteiger partial charge in [-0.2, -0.15) is 0 Å². The van der Waals surface area contributed by atoms with Crippen molar-refractivity contribution in [3.63, 3.8) is 0 Å². The third kappa shape index (κ3) is 3.77. The molecule has 0 radical (unpaired) electrons. The van der Waals surface area contributed by atoms with Crippen LogP contribution < -0.4 is 10.2 Å². The molecule has 2 heterocycles. The zero-order valence-electron chi connectivity index (χ0n) is 12.1. The molecule has 1 saturated heterocycles. The Morgan fingerprint density at radius 2 is 2.00 bits per heavy atom. The molecule has 0 bridgehead atoms. The van der Waals surface area contributed by atoms with Crippen LogP contribution in [0.5, 0.6) is 0 Å². The van der Waals surface area contributed by atoms with E-state index in [4.69, 9.17) is 0 Å². The number of hydrogen-bond acceptors (Lipinski definition) is 5. The molecule has 0 aliphatic carbocycles. The fourth-order valence-electron chi connectivity index (χ4n) is 2.11. The number of hydrogen-bond donors (Lipinski definition) is 1. The zero-order chi connectivity index (χ0) is 15.2. The Morgan fingerprint density at radius 3 is 2.52 bits per heavy atom. The molecule has 0 aromatic carbocycles. The molecule has 1 fully saturated rings. The lowest BCUT2D eigenvalue weighted by atomic mass is 10.3. The molecule has 0 saturated carbocycles. The summed E-state index contributed by atoms with van der Waals surface area (Å²) in [5.41, 5.74) is 0.281. The number of aromatic nitrogens is 2. The van der Waals surface area contributed by atoms with Crippen LogP contribution in [0.25, 0.3) is 0 Å². The minimum Gasteiger partial charge on any atom is -0.352 e. The van der Waals surface area contributed by atoms with E-state index < -0.39 is 0 Å². The monoisotopic (exact) mass is 289 g/mol. The van der Waals surface area contributed by atoms with Crippen LogP contribution in [0.3, 0.4) is 0 Å². The average Bonchev–Trinajstić information content (AvgIpc) is 2.53. The molecular weight excluding hydrogens is 270 g/mol. The molecule has 7 nitrogen and oxygen atoms in total. The van der Waals surface area contributed by atoms with E-state index in [1.807, 2.05) is 0 Å². The number of carbonyl (C=O) groups is 2. The van der Waals surface area contributed by atoms with Gasteiger partial charge >= 0.3 is 0 Å². The van der Waals surface area contributed by atoms with Gasteiger partial charge in [-0.1, -0.05) is 6.08 Å². The summed E-state index contributed by atoms with van der Waals surface area (Å²) in [5.74, 6) is 0.545. The number of rotatable bonds is 4. The minimum atomic E-state index is -0.268. The maximum atomic E-state index is 11.7. The molecule has 0 unspecified atom stereocenters. The summed E-state index contributed by atoms with van der Waals surface area (Å²) in [7, 11) is 0. The Bertz CT molecular complexity index is 521. The minimum absolute atomic E-state index is 0.0926. The summed E-state index contributed by atoms with van der Waals surface area (Å²) < 4.78 is 0. The molecule has 0 atom stereocenters. The molecule has 0 spiro atoms. The predicted octanol–water partition coefficient (Wildman–Crippen LogP) is 0.0609. The van der Waals surface area contributed by atoms with Crippen LogP contribution in [-0.2, 0) is 4.79 Å². The number of piperazine rings is 1. The Balaban J connectivity index is 1.95. The first-order valence-corrected chi connectivity index (χ1v) is 6.83. The fraction of sp³-hybridized carbons (Fsp3) is 0.429. The van der Waals surface area contributed by atoms with Crippen LogP contribution in [0.1, 0.15) is 17.4 Å². The van der Waals surface area contributed by atoms with Gasteiger partial charge in [0.25, 0.3) is 5.91 Å². The van der Waals surface area contributed by atoms with E-state index in [-0.39, 0.29) is 17.5 Å². The molecule has 1 aromatic rings. The Kier molecular flexibility index (Phi) is 4.86. The standard InChI is InChI=1S/C14H19N5O2/c1-3-4-15-14(21)12-9-17-13(10-16-12)19-7-5-18(6-8-19)11(2)20/h3,9-10H,1,4-8H2,2H3,(H,15,21). The highest BCUT2D eigenvalue weighted by atomic mass is 16.2. The highest BCUT2D eigenvalue weighted by molar-refractivity contribution is 5.92. The summed E-state index contributed by atoms with van der Waals surface area (Å²) >= 11 is 0. The lowest BCUT2D eigenvalue weighted by Crippen LogP contribution is -2.48. The molecule has 1 aliphatic rings. The van der Waals surface area contributed by atoms with Crippen molar-refractivity contribution in [2.75, 3.05) is 37.6 Å². The van der Waals surface area contributed by atoms with Crippen molar-refractivity contribution in [2.45, 2.75) is 6.92 Å². The van der Waals surface area contributed by atoms with E-state index in [2.05, 4.69) is 26.8 Å². The van der Waals surface area contributed by atoms with Gasteiger partial charge in [0.05, 0.1) is 12.4 Å². The second-order valence-corrected chi connectivity index (χ2v) is 4.75. The van der Waals surface area contributed by atoms with Crippen molar-refractivity contribution in [3.05, 3.63) is 30.7 Å². The first kappa shape index (κ1) is 15.0. The molecule has 1 N–H and O–H groups in total. The van der Waals surface area contributed by atoms with E-state index in [9.17, 15) is 9.59 Å². The molecule has 21 heavy (non-hydrogen) atoms. The number of anilines is 1. The maximum Gasteiger partial charge on any atom is 0.271 e. The molecule has 7 heteroatoms. The van der Waals surface area contributed by atoms with Crippen LogP contribution in [-0.4, -0.2) is 59.4 Å². The van der Waals surface area contributed by atoms with Crippen molar-refractivity contribution >= 4 is 17.6 Å². The summed E-state index contributed by atoms with van der Waals surface area (Å²) in [6, 6.07) is 0. The SMILES string of the molecule is C=CCNC(=O)c1cnc(N2CCN(C(C)=O)CC2)cn1. The highest BCUT2D eigenvalue weighted by Crippen LogP contribution is 2.12. The van der Waals surface area contributed by atoms with Gasteiger partial charge in [-0.3, -0.25) is 9.59 Å². The number of nitrogens with one attached hydrogen (secondary N) is 1. The summed E-state index contributed by atoms with van der Waals surface area (Å²) in [5, 5.41) is 2.65. The van der Waals surface area contributed by atoms with Gasteiger partial charge in [0, 0.05) is 39.6 Å². The van der Waals surface area contributed by atoms with E-state index in [1.165, 1.54) is 6.20 Å². The van der Waals surface area contributed by atoms with Gasteiger partial charge < -0.3 is 15.1 Å². The smallest absolute Gasteiger partial charge is 0.271 e. The van der Waals surface area contributed by atoms with Gasteiger partial charge in [0.15, 0.2) is 0 Å². The quantitative estimate of drug-likeness (QED) is 0.793. The third-order valence-electron chi connectivity index (χ3n) is 3.33. The van der Waals surface area contributed by atoms with Gasteiger partial charge in [-0.15, -0.1) is 6.58 Å². The van der Waals surface area contributed by atoms with Crippen molar-refractivity contribution in [1.82, 2.24) is 20.2 Å². The predicted molar refractivity (Wildman–Crippen MR) is 79.0 cm³/mol. The molecular formula is C14H19N5O2. The summed E-state index contributed by atoms with van der Waals surface area (Å²) in [6.07, 6.45) is 4.66. The zero-order valence-corrected chi connectivity index (χ0v) is 12.1. The molecule has 2 amide bonds. The van der Waals surface area contributed by atoms with Crippen molar-refractivity contribution in [3.8, 4) is 0 Å². The van der Waals surface area contributed by atoms with Gasteiger partial charge in [0.2, 0.25) is 5.91 Å². The lowest BCUT2D eigenvalue weighted by Gasteiger charge is -2.34. The van der Waals surface area contributed by atoms with E-state index in [1.54, 1.807) is 24.1 Å². The van der Waals surface area contributed by atoms with E-state index in [0.29, 0.717) is 19.6 Å². The van der Waals surface area contributed by atoms with Gasteiger partial charge in [0.1, 0.15) is 11.5 Å². The molecule has 1 aliphatic heterocycles. The second kappa shape index (κ2) is 6.83. The first-order chi connectivity index (χ1) is 10.1. The van der Waals surface area contributed by atoms with Crippen LogP contribution in [0.4, 0.5) is 5.82 Å². The van der Waals surface area contributed by atoms with Crippen molar-refractivity contribution in [1.29, 1.82) is 0 Å². The third-order valence-corrected chi connectivity index (χ3v) is 3.33. The summed E-state index contributed by atoms with van der Waals surface area (Å²) in [6.45, 7) is 8.30. The largest absolute Gasteiger partial charge is 0.352 e. The maximum absolute atomic E-state index is 11.7. The Labute approximate surface area is 123 Å². The lowest BCUT2D eigenvalue weighted by molar-refractivity contribution is -0.129. The number of carbonyl (C=O) groups excluding carboxylic acids is 2. The van der Waals surface area contributed by atoms with Crippen LogP contribution in [0, 0.1) is 0 Å². The van der Waals surface area contributed by atoms with Crippen LogP contribution in [0.15, 0.2) is 25.0 Å². The normalized spacial score (nSPS) is 14.7. The first-order valence-electron chi connectivity index (χ1n) is 6.83. The van der Waals surface area contributed by atoms with Crippen LogP contribution >= 0.6 is 0 Å². The topological polar surface area (TPSA) is 78.4 Å². The van der Waals surface area contributed by atoms with E-state index in [0.717, 1.165) is 18.9 Å². The Hall–Kier alpha value is -2.44. The number of amides is 2. The molecule has 112 valence electrons. The van der Waals surface area contributed by atoms with Crippen LogP contribution in [0.2, 0.25) is 0 Å². The van der Waals surface area contributed by atoms with Crippen molar-refractivity contribution < 1.29 is 9.59 Å². The molecule has 1 aromatic heterocycles. The Morgan fingerprint density at radius 1 is 1.29 bits per heavy atom. The molecule has 2 rings (SSSR count). The highest BCUT2D eigenvalue weighted by Gasteiger charge is 2.20. The summed E-state index contributed by atoms with van der Waals surface area (Å²) in [4.78, 5) is 35.2.